The van der Waals surface area contributed by atoms with Crippen molar-refractivity contribution < 1.29 is 9.84 Å². The van der Waals surface area contributed by atoms with Gasteiger partial charge >= 0.3 is 0 Å². The summed E-state index contributed by atoms with van der Waals surface area (Å²) in [6.45, 7) is 4.42. The average Bonchev–Trinajstić information content (AvgIpc) is 3.39. The van der Waals surface area contributed by atoms with Crippen LogP contribution in [-0.2, 0) is 0 Å². The molecule has 1 aliphatic carbocycles. The van der Waals surface area contributed by atoms with Gasteiger partial charge in [0, 0.05) is 42.3 Å². The molecule has 0 amide bonds. The molecular weight excluding hydrogens is 370 g/mol. The quantitative estimate of drug-likeness (QED) is 0.437. The van der Waals surface area contributed by atoms with Crippen LogP contribution < -0.4 is 15.5 Å². The van der Waals surface area contributed by atoms with E-state index in [9.17, 15) is 5.11 Å². The lowest BCUT2D eigenvalue weighted by Gasteiger charge is -2.41. The van der Waals surface area contributed by atoms with Crippen LogP contribution in [0.25, 0.3) is 11.4 Å². The van der Waals surface area contributed by atoms with E-state index in [4.69, 9.17) is 10.1 Å². The van der Waals surface area contributed by atoms with Gasteiger partial charge in [0.2, 0.25) is 5.88 Å². The van der Waals surface area contributed by atoms with E-state index in [2.05, 4.69) is 44.9 Å². The molecule has 3 heterocycles. The molecule has 4 rings (SSSR count). The Kier molecular flexibility index (Phi) is 4.91. The second-order valence-corrected chi connectivity index (χ2v) is 8.34. The number of hydrazone groups is 1. The Bertz CT molecular complexity index is 917. The van der Waals surface area contributed by atoms with Crippen LogP contribution in [0.2, 0.25) is 0 Å². The fourth-order valence-electron chi connectivity index (χ4n) is 4.00. The van der Waals surface area contributed by atoms with Crippen molar-refractivity contribution >= 4 is 18.1 Å². The molecule has 2 aromatic heterocycles. The van der Waals surface area contributed by atoms with Crippen molar-refractivity contribution in [3.8, 4) is 23.0 Å². The maximum absolute atomic E-state index is 10.2. The van der Waals surface area contributed by atoms with Crippen LogP contribution in [0.5, 0.6) is 11.6 Å². The molecule has 0 radical (unpaired) electrons. The van der Waals surface area contributed by atoms with E-state index < -0.39 is 0 Å². The number of nitrogens with zero attached hydrogens (tertiary/aromatic N) is 4. The summed E-state index contributed by atoms with van der Waals surface area (Å²) >= 11 is 0. The molecule has 1 saturated carbocycles. The molecule has 152 valence electrons. The number of aromatic hydroxyl groups is 1. The Morgan fingerprint density at radius 2 is 2.14 bits per heavy atom. The molecule has 4 N–H and O–H groups in total. The van der Waals surface area contributed by atoms with Gasteiger partial charge < -0.3 is 20.6 Å². The van der Waals surface area contributed by atoms with Gasteiger partial charge in [-0.25, -0.2) is 4.98 Å². The van der Waals surface area contributed by atoms with Crippen LogP contribution in [-0.4, -0.2) is 49.9 Å². The summed E-state index contributed by atoms with van der Waals surface area (Å²) in [5.41, 5.74) is 4.22. The van der Waals surface area contributed by atoms with Gasteiger partial charge in [-0.3, -0.25) is 5.43 Å². The van der Waals surface area contributed by atoms with Crippen molar-refractivity contribution in [1.29, 1.82) is 5.41 Å². The fourth-order valence-corrected chi connectivity index (χ4v) is 4.00. The zero-order valence-corrected chi connectivity index (χ0v) is 16.5. The normalized spacial score (nSPS) is 21.8. The van der Waals surface area contributed by atoms with Gasteiger partial charge in [-0.15, -0.1) is 10.2 Å². The number of rotatable bonds is 6. The van der Waals surface area contributed by atoms with Crippen molar-refractivity contribution in [3.63, 3.8) is 0 Å². The van der Waals surface area contributed by atoms with E-state index in [-0.39, 0.29) is 22.9 Å². The molecule has 1 aliphatic heterocycles. The third-order valence-electron chi connectivity index (χ3n) is 5.19. The molecule has 0 aromatic carbocycles. The van der Waals surface area contributed by atoms with Crippen molar-refractivity contribution in [2.24, 2.45) is 5.10 Å². The molecule has 2 aromatic rings. The van der Waals surface area contributed by atoms with Crippen LogP contribution in [0, 0.1) is 5.41 Å². The highest BCUT2D eigenvalue weighted by Crippen LogP contribution is 2.46. The minimum absolute atomic E-state index is 0.0427. The Morgan fingerprint density at radius 3 is 2.79 bits per heavy atom. The van der Waals surface area contributed by atoms with Crippen LogP contribution in [0.3, 0.4) is 0 Å². The van der Waals surface area contributed by atoms with Gasteiger partial charge in [0.1, 0.15) is 23.2 Å². The molecule has 0 bridgehead atoms. The number of piperidine rings is 1. The monoisotopic (exact) mass is 395 g/mol. The molecule has 1 saturated heterocycles. The Labute approximate surface area is 169 Å². The zero-order chi connectivity index (χ0) is 20.5. The fraction of sp³-hybridized carbons (Fsp3) is 0.450. The van der Waals surface area contributed by atoms with E-state index in [1.807, 2.05) is 0 Å². The standard InChI is InChI=1S/C20H25N7O2/c1-19(2)10-14(11-20(27-19)5-6-20)29-17-4-3-15(25-26-17)18-16(28)9-13(12-22-18)24-23-8-7-21/h3-4,7-9,12,14,21,24,27-28H,5-6,10-11H2,1-2H3/b21-7?,23-8-. The first-order valence-electron chi connectivity index (χ1n) is 9.65. The van der Waals surface area contributed by atoms with E-state index in [1.165, 1.54) is 31.3 Å². The van der Waals surface area contributed by atoms with E-state index in [1.54, 1.807) is 12.1 Å². The minimum atomic E-state index is -0.0428. The Hall–Kier alpha value is -3.07. The second kappa shape index (κ2) is 7.40. The number of aromatic nitrogens is 3. The van der Waals surface area contributed by atoms with E-state index in [0.717, 1.165) is 19.1 Å². The minimum Gasteiger partial charge on any atom is -0.506 e. The number of anilines is 1. The summed E-state index contributed by atoms with van der Waals surface area (Å²) in [4.78, 5) is 4.22. The van der Waals surface area contributed by atoms with Crippen LogP contribution in [0.1, 0.15) is 39.5 Å². The zero-order valence-electron chi connectivity index (χ0n) is 16.5. The number of nitrogens with one attached hydrogen (secondary N) is 3. The molecule has 1 spiro atoms. The maximum atomic E-state index is 10.2. The molecule has 9 nitrogen and oxygen atoms in total. The maximum Gasteiger partial charge on any atom is 0.233 e. The first kappa shape index (κ1) is 19.3. The highest BCUT2D eigenvalue weighted by molar-refractivity contribution is 6.14. The summed E-state index contributed by atoms with van der Waals surface area (Å²) < 4.78 is 6.12. The molecule has 9 heteroatoms. The lowest BCUT2D eigenvalue weighted by atomic mass is 9.85. The van der Waals surface area contributed by atoms with Gasteiger partial charge in [-0.2, -0.15) is 5.10 Å². The van der Waals surface area contributed by atoms with Crippen molar-refractivity contribution in [3.05, 3.63) is 24.4 Å². The Balaban J connectivity index is 1.44. The van der Waals surface area contributed by atoms with Crippen LogP contribution in [0.4, 0.5) is 5.69 Å². The first-order chi connectivity index (χ1) is 13.9. The Morgan fingerprint density at radius 1 is 1.31 bits per heavy atom. The molecule has 1 atom stereocenters. The predicted octanol–water partition coefficient (Wildman–Crippen LogP) is 2.73. The van der Waals surface area contributed by atoms with E-state index >= 15 is 0 Å². The second-order valence-electron chi connectivity index (χ2n) is 8.34. The number of hydrogen-bond donors (Lipinski definition) is 4. The van der Waals surface area contributed by atoms with Gasteiger partial charge in [0.15, 0.2) is 0 Å². The van der Waals surface area contributed by atoms with Crippen molar-refractivity contribution in [2.45, 2.75) is 56.7 Å². The van der Waals surface area contributed by atoms with Gasteiger partial charge in [-0.05, 0) is 32.8 Å². The smallest absolute Gasteiger partial charge is 0.233 e. The van der Waals surface area contributed by atoms with Gasteiger partial charge in [0.05, 0.1) is 18.1 Å². The summed E-state index contributed by atoms with van der Waals surface area (Å²) in [6, 6.07) is 4.99. The van der Waals surface area contributed by atoms with Crippen LogP contribution >= 0.6 is 0 Å². The lowest BCUT2D eigenvalue weighted by molar-refractivity contribution is 0.0737. The first-order valence-corrected chi connectivity index (χ1v) is 9.65. The topological polar surface area (TPSA) is 128 Å². The average molecular weight is 395 g/mol. The van der Waals surface area contributed by atoms with Crippen LogP contribution in [0.15, 0.2) is 29.5 Å². The summed E-state index contributed by atoms with van der Waals surface area (Å²) in [7, 11) is 0. The SMILES string of the molecule is CC1(C)CC(Oc2ccc(-c3ncc(N/N=C\C=N)cc3O)nn2)CC2(CC2)N1. The molecule has 29 heavy (non-hydrogen) atoms. The summed E-state index contributed by atoms with van der Waals surface area (Å²) in [6.07, 6.45) is 8.24. The largest absolute Gasteiger partial charge is 0.506 e. The number of ether oxygens (including phenoxy) is 1. The highest BCUT2D eigenvalue weighted by atomic mass is 16.5. The molecule has 2 fully saturated rings. The third kappa shape index (κ3) is 4.51. The molecule has 1 unspecified atom stereocenters. The summed E-state index contributed by atoms with van der Waals surface area (Å²) in [5.74, 6) is 0.435. The number of pyridine rings is 1. The predicted molar refractivity (Wildman–Crippen MR) is 111 cm³/mol. The number of hydrogen-bond acceptors (Lipinski definition) is 9. The lowest BCUT2D eigenvalue weighted by Crippen LogP contribution is -2.56. The van der Waals surface area contributed by atoms with Crippen molar-refractivity contribution in [2.75, 3.05) is 5.43 Å². The molecule has 2 aliphatic rings. The third-order valence-corrected chi connectivity index (χ3v) is 5.19. The van der Waals surface area contributed by atoms with E-state index in [0.29, 0.717) is 23.0 Å². The van der Waals surface area contributed by atoms with Crippen molar-refractivity contribution in [1.82, 2.24) is 20.5 Å². The van der Waals surface area contributed by atoms with Gasteiger partial charge in [-0.1, -0.05) is 0 Å². The highest BCUT2D eigenvalue weighted by Gasteiger charge is 2.51. The van der Waals surface area contributed by atoms with Gasteiger partial charge in [0.25, 0.3) is 0 Å². The summed E-state index contributed by atoms with van der Waals surface area (Å²) in [5, 5.41) is 33.0. The molecular formula is C20H25N7O2.